The molecule has 0 aromatic heterocycles. The van der Waals surface area contributed by atoms with Crippen LogP contribution in [0.3, 0.4) is 0 Å². The topological polar surface area (TPSA) is 0 Å². The highest BCUT2D eigenvalue weighted by atomic mass is 14.1. The first-order valence-corrected chi connectivity index (χ1v) is 6.57. The van der Waals surface area contributed by atoms with Crippen molar-refractivity contribution in [2.24, 2.45) is 0 Å². The van der Waals surface area contributed by atoms with Gasteiger partial charge in [0, 0.05) is 0 Å². The summed E-state index contributed by atoms with van der Waals surface area (Å²) in [5, 5.41) is 0. The second kappa shape index (κ2) is 5.71. The van der Waals surface area contributed by atoms with E-state index in [1.807, 2.05) is 13.0 Å². The van der Waals surface area contributed by atoms with Crippen molar-refractivity contribution in [2.45, 2.75) is 20.3 Å². The van der Waals surface area contributed by atoms with E-state index in [0.29, 0.717) is 0 Å². The van der Waals surface area contributed by atoms with E-state index in [2.05, 4.69) is 62.5 Å². The Morgan fingerprint density at radius 2 is 1.63 bits per heavy atom. The molecular weight excluding hydrogens is 228 g/mol. The van der Waals surface area contributed by atoms with Crippen LogP contribution in [0.25, 0.3) is 16.7 Å². The third-order valence-electron chi connectivity index (χ3n) is 3.23. The number of benzene rings is 2. The second-order valence-electron chi connectivity index (χ2n) is 5.10. The second-order valence-corrected chi connectivity index (χ2v) is 5.10. The van der Waals surface area contributed by atoms with E-state index >= 15 is 0 Å². The van der Waals surface area contributed by atoms with Gasteiger partial charge in [-0.1, -0.05) is 67.3 Å². The number of hydrogen-bond acceptors (Lipinski definition) is 0. The summed E-state index contributed by atoms with van der Waals surface area (Å²) in [6, 6.07) is 16.9. The van der Waals surface area contributed by atoms with Crippen LogP contribution in [0.2, 0.25) is 0 Å². The fraction of sp³-hybridized carbons (Fsp3) is 0.158. The zero-order chi connectivity index (χ0) is 13.8. The predicted octanol–water partition coefficient (Wildman–Crippen LogP) is 5.64. The summed E-state index contributed by atoms with van der Waals surface area (Å²) < 4.78 is 0. The first-order chi connectivity index (χ1) is 9.09. The summed E-state index contributed by atoms with van der Waals surface area (Å²) in [5.74, 6) is 0. The molecule has 0 spiro atoms. The highest BCUT2D eigenvalue weighted by Crippen LogP contribution is 2.33. The van der Waals surface area contributed by atoms with E-state index < -0.39 is 0 Å². The summed E-state index contributed by atoms with van der Waals surface area (Å²) in [7, 11) is 0. The van der Waals surface area contributed by atoms with Gasteiger partial charge in [-0.05, 0) is 48.1 Å². The van der Waals surface area contributed by atoms with Gasteiger partial charge in [0.15, 0.2) is 0 Å². The highest BCUT2D eigenvalue weighted by Gasteiger charge is 2.10. The van der Waals surface area contributed by atoms with Crippen molar-refractivity contribution in [2.75, 3.05) is 0 Å². The normalized spacial score (nSPS) is 10.2. The SMILES string of the molecule is C=C(C)CC(=C)c1c(C)cccc1-c1ccccc1. The average Bonchev–Trinajstić information content (AvgIpc) is 2.38. The monoisotopic (exact) mass is 248 g/mol. The van der Waals surface area contributed by atoms with Crippen LogP contribution in [0.4, 0.5) is 0 Å². The molecule has 0 heterocycles. The molecule has 0 fully saturated rings. The van der Waals surface area contributed by atoms with Crippen LogP contribution >= 0.6 is 0 Å². The van der Waals surface area contributed by atoms with Gasteiger partial charge in [-0.3, -0.25) is 0 Å². The van der Waals surface area contributed by atoms with Crippen LogP contribution in [0.5, 0.6) is 0 Å². The van der Waals surface area contributed by atoms with Crippen LogP contribution in [-0.2, 0) is 0 Å². The van der Waals surface area contributed by atoms with Crippen LogP contribution < -0.4 is 0 Å². The van der Waals surface area contributed by atoms with E-state index in [0.717, 1.165) is 17.6 Å². The molecule has 0 saturated heterocycles. The molecule has 2 aromatic rings. The molecule has 0 unspecified atom stereocenters. The van der Waals surface area contributed by atoms with E-state index in [9.17, 15) is 0 Å². The first kappa shape index (κ1) is 13.4. The van der Waals surface area contributed by atoms with Crippen LogP contribution in [0, 0.1) is 6.92 Å². The Morgan fingerprint density at radius 3 is 2.26 bits per heavy atom. The van der Waals surface area contributed by atoms with Gasteiger partial charge in [0.05, 0.1) is 0 Å². The van der Waals surface area contributed by atoms with Crippen molar-refractivity contribution >= 4 is 5.57 Å². The van der Waals surface area contributed by atoms with E-state index in [-0.39, 0.29) is 0 Å². The van der Waals surface area contributed by atoms with Crippen LogP contribution in [0.1, 0.15) is 24.5 Å². The van der Waals surface area contributed by atoms with Gasteiger partial charge in [0.1, 0.15) is 0 Å². The molecule has 2 rings (SSSR count). The molecule has 0 aliphatic heterocycles. The molecule has 2 aromatic carbocycles. The summed E-state index contributed by atoms with van der Waals surface area (Å²) in [4.78, 5) is 0. The molecule has 0 heteroatoms. The summed E-state index contributed by atoms with van der Waals surface area (Å²) in [5.41, 5.74) is 7.32. The van der Waals surface area contributed by atoms with Gasteiger partial charge in [-0.15, -0.1) is 0 Å². The Balaban J connectivity index is 2.54. The van der Waals surface area contributed by atoms with Gasteiger partial charge in [0.2, 0.25) is 0 Å². The minimum absolute atomic E-state index is 0.852. The van der Waals surface area contributed by atoms with Crippen molar-refractivity contribution in [1.82, 2.24) is 0 Å². The molecule has 0 aliphatic rings. The van der Waals surface area contributed by atoms with Gasteiger partial charge in [-0.25, -0.2) is 0 Å². The fourth-order valence-electron chi connectivity index (χ4n) is 2.45. The van der Waals surface area contributed by atoms with E-state index in [1.54, 1.807) is 0 Å². The predicted molar refractivity (Wildman–Crippen MR) is 85.1 cm³/mol. The molecule has 0 bridgehead atoms. The molecule has 0 nitrogen and oxygen atoms in total. The molecule has 0 aliphatic carbocycles. The molecule has 0 atom stereocenters. The zero-order valence-electron chi connectivity index (χ0n) is 11.7. The van der Waals surface area contributed by atoms with E-state index in [1.165, 1.54) is 22.3 Å². The van der Waals surface area contributed by atoms with E-state index in [4.69, 9.17) is 0 Å². The number of rotatable bonds is 4. The maximum atomic E-state index is 4.25. The lowest BCUT2D eigenvalue weighted by Crippen LogP contribution is -1.93. The molecule has 0 saturated carbocycles. The van der Waals surface area contributed by atoms with Crippen molar-refractivity contribution in [3.8, 4) is 11.1 Å². The van der Waals surface area contributed by atoms with Crippen molar-refractivity contribution < 1.29 is 0 Å². The third kappa shape index (κ3) is 3.03. The minimum Gasteiger partial charge on any atom is -0.0998 e. The standard InChI is InChI=1S/C19H20/c1-14(2)13-16(4)19-15(3)9-8-12-18(19)17-10-6-5-7-11-17/h5-12H,1,4,13H2,2-3H3. The van der Waals surface area contributed by atoms with Crippen molar-refractivity contribution in [1.29, 1.82) is 0 Å². The quantitative estimate of drug-likeness (QED) is 0.614. The summed E-state index contributed by atoms with van der Waals surface area (Å²) in [6.07, 6.45) is 0.852. The third-order valence-corrected chi connectivity index (χ3v) is 3.23. The first-order valence-electron chi connectivity index (χ1n) is 6.57. The maximum absolute atomic E-state index is 4.25. The van der Waals surface area contributed by atoms with Gasteiger partial charge in [0.25, 0.3) is 0 Å². The zero-order valence-corrected chi connectivity index (χ0v) is 11.7. The minimum atomic E-state index is 0.852. The lowest BCUT2D eigenvalue weighted by molar-refractivity contribution is 1.23. The maximum Gasteiger partial charge on any atom is -0.00722 e. The fourth-order valence-corrected chi connectivity index (χ4v) is 2.45. The molecule has 0 amide bonds. The Hall–Kier alpha value is -2.08. The van der Waals surface area contributed by atoms with Gasteiger partial charge < -0.3 is 0 Å². The summed E-state index contributed by atoms with van der Waals surface area (Å²) in [6.45, 7) is 12.4. The van der Waals surface area contributed by atoms with Gasteiger partial charge in [-0.2, -0.15) is 0 Å². The number of allylic oxidation sites excluding steroid dienone is 2. The largest absolute Gasteiger partial charge is 0.0998 e. The smallest absolute Gasteiger partial charge is 0.00722 e. The highest BCUT2D eigenvalue weighted by molar-refractivity contribution is 5.83. The Kier molecular flexibility index (Phi) is 4.01. The van der Waals surface area contributed by atoms with Crippen molar-refractivity contribution in [3.05, 3.63) is 78.4 Å². The number of hydrogen-bond donors (Lipinski definition) is 0. The molecular formula is C19H20. The Morgan fingerprint density at radius 1 is 0.947 bits per heavy atom. The van der Waals surface area contributed by atoms with Crippen LogP contribution in [-0.4, -0.2) is 0 Å². The molecule has 0 radical (unpaired) electrons. The Bertz CT molecular complexity index is 603. The van der Waals surface area contributed by atoms with Gasteiger partial charge >= 0.3 is 0 Å². The van der Waals surface area contributed by atoms with Crippen molar-refractivity contribution in [3.63, 3.8) is 0 Å². The Labute approximate surface area is 116 Å². The molecule has 96 valence electrons. The van der Waals surface area contributed by atoms with Crippen LogP contribution in [0.15, 0.2) is 67.3 Å². The lowest BCUT2D eigenvalue weighted by Gasteiger charge is -2.15. The molecule has 0 N–H and O–H groups in total. The number of aryl methyl sites for hydroxylation is 1. The lowest BCUT2D eigenvalue weighted by atomic mass is 9.89. The summed E-state index contributed by atoms with van der Waals surface area (Å²) >= 11 is 0. The average molecular weight is 248 g/mol. The molecule has 19 heavy (non-hydrogen) atoms.